The molecule has 0 atom stereocenters. The smallest absolute Gasteiger partial charge is 0.132 e. The van der Waals surface area contributed by atoms with Gasteiger partial charge in [0.05, 0.1) is 16.5 Å². The van der Waals surface area contributed by atoms with Gasteiger partial charge in [-0.1, -0.05) is 195 Å². The molecule has 10 aromatic rings. The van der Waals surface area contributed by atoms with E-state index in [2.05, 4.69) is 243 Å². The molecule has 2 heterocycles. The van der Waals surface area contributed by atoms with Crippen molar-refractivity contribution < 1.29 is 4.74 Å². The molecule has 320 valence electrons. The van der Waals surface area contributed by atoms with Crippen molar-refractivity contribution in [2.45, 2.75) is 39.9 Å². The molecule has 0 saturated carbocycles. The average Bonchev–Trinajstić information content (AvgIpc) is 3.94. The Morgan fingerprint density at radius 1 is 0.338 bits per heavy atom. The number of ether oxygens (including phenoxy) is 1. The summed E-state index contributed by atoms with van der Waals surface area (Å²) >= 11 is 1.89. The number of hydrogen-bond donors (Lipinski definition) is 0. The number of para-hydroxylation sites is 2. The van der Waals surface area contributed by atoms with Crippen LogP contribution in [0.3, 0.4) is 0 Å². The minimum Gasteiger partial charge on any atom is -0.457 e. The van der Waals surface area contributed by atoms with Crippen molar-refractivity contribution in [3.63, 3.8) is 0 Å². The molecule has 0 bridgehead atoms. The predicted molar refractivity (Wildman–Crippen MR) is 277 cm³/mol. The number of rotatable bonds is 3. The lowest BCUT2D eigenvalue weighted by atomic mass is 9.66. The van der Waals surface area contributed by atoms with Gasteiger partial charge in [-0.25, -0.2) is 0 Å². The first-order chi connectivity index (χ1) is 33.5. The second kappa shape index (κ2) is 13.6. The van der Waals surface area contributed by atoms with Crippen molar-refractivity contribution in [2.24, 2.45) is 0 Å². The summed E-state index contributed by atoms with van der Waals surface area (Å²) < 4.78 is 6.78. The second-order valence-corrected chi connectivity index (χ2v) is 20.5. The van der Waals surface area contributed by atoms with Crippen LogP contribution >= 0.6 is 11.8 Å². The van der Waals surface area contributed by atoms with Gasteiger partial charge < -0.3 is 9.64 Å². The normalized spacial score (nSPS) is 15.6. The molecule has 15 rings (SSSR count). The summed E-state index contributed by atoms with van der Waals surface area (Å²) in [6.07, 6.45) is 0. The highest BCUT2D eigenvalue weighted by Crippen LogP contribution is 2.66. The first-order valence-electron chi connectivity index (χ1n) is 23.7. The number of nitrogens with zero attached hydrogens (tertiary/aromatic N) is 1. The zero-order valence-electron chi connectivity index (χ0n) is 37.6. The van der Waals surface area contributed by atoms with Gasteiger partial charge in [-0.3, -0.25) is 0 Å². The molecule has 68 heavy (non-hydrogen) atoms. The van der Waals surface area contributed by atoms with E-state index < -0.39 is 10.8 Å². The third-order valence-corrected chi connectivity index (χ3v) is 17.2. The maximum absolute atomic E-state index is 6.78. The summed E-state index contributed by atoms with van der Waals surface area (Å²) in [7, 11) is 0. The minimum atomic E-state index is -0.608. The first kappa shape index (κ1) is 38.3. The molecule has 2 spiro atoms. The van der Waals surface area contributed by atoms with E-state index in [1.54, 1.807) is 0 Å². The molecule has 0 saturated heterocycles. The van der Waals surface area contributed by atoms with Crippen molar-refractivity contribution in [2.75, 3.05) is 4.90 Å². The Labute approximate surface area is 401 Å². The monoisotopic (exact) mass is 885 g/mol. The van der Waals surface area contributed by atoms with Gasteiger partial charge in [0.2, 0.25) is 0 Å². The summed E-state index contributed by atoms with van der Waals surface area (Å²) in [6, 6.07) is 84.3. The van der Waals surface area contributed by atoms with Gasteiger partial charge in [-0.05, 0) is 127 Å². The van der Waals surface area contributed by atoms with Crippen LogP contribution in [0.1, 0.15) is 69.5 Å². The molecule has 3 aliphatic carbocycles. The Morgan fingerprint density at radius 3 is 1.40 bits per heavy atom. The molecule has 5 aliphatic rings. The summed E-state index contributed by atoms with van der Waals surface area (Å²) in [5, 5.41) is 0. The van der Waals surface area contributed by atoms with E-state index in [9.17, 15) is 0 Å². The molecular formula is C65H43NOS. The Bertz CT molecular complexity index is 3730. The lowest BCUT2D eigenvalue weighted by Crippen LogP contribution is -2.32. The maximum Gasteiger partial charge on any atom is 0.132 e. The molecule has 3 heteroatoms. The highest BCUT2D eigenvalue weighted by molar-refractivity contribution is 7.99. The Morgan fingerprint density at radius 2 is 0.765 bits per heavy atom. The lowest BCUT2D eigenvalue weighted by molar-refractivity contribution is 0.436. The van der Waals surface area contributed by atoms with Gasteiger partial charge in [-0.15, -0.1) is 0 Å². The molecule has 0 radical (unpaired) electrons. The topological polar surface area (TPSA) is 12.5 Å². The Hall–Kier alpha value is -7.85. The maximum atomic E-state index is 6.78. The van der Waals surface area contributed by atoms with Crippen LogP contribution in [0.5, 0.6) is 11.5 Å². The first-order valence-corrected chi connectivity index (χ1v) is 24.6. The second-order valence-electron chi connectivity index (χ2n) is 19.4. The molecule has 0 amide bonds. The standard InChI is InChI=1S/C65H43NOS/c1-63(2)47-21-6-3-18-42(47)44-36-34-40(38-55(44)63)66(41-35-37-45-43-19-4-7-22-48(43)64(56(45)39-41)50-24-9-13-30-58(50)67-59-31-14-10-25-51(59)64)57-29-17-28-54-62(57)46-20-5-8-23-49(46)65(54)52-26-11-15-32-60(52)68-61-33-16-12-27-53(61)65/h3-39H,1-2H3. The van der Waals surface area contributed by atoms with Crippen LogP contribution in [-0.4, -0.2) is 0 Å². The van der Waals surface area contributed by atoms with Gasteiger partial charge in [-0.2, -0.15) is 0 Å². The SMILES string of the molecule is CC1(C)c2ccccc2-c2ccc(N(c3ccc4c(c3)C3(c5ccccc5Oc5ccccc53)c3ccccc3-4)c3cccc4c3-c3ccccc3C43c4ccccc4Sc4ccccc43)cc21. The number of fused-ring (bicyclic) bond motifs is 21. The van der Waals surface area contributed by atoms with Gasteiger partial charge >= 0.3 is 0 Å². The largest absolute Gasteiger partial charge is 0.457 e. The third-order valence-electron chi connectivity index (χ3n) is 16.0. The van der Waals surface area contributed by atoms with Crippen LogP contribution in [0.15, 0.2) is 234 Å². The van der Waals surface area contributed by atoms with Crippen LogP contribution < -0.4 is 9.64 Å². The van der Waals surface area contributed by atoms with E-state index in [0.29, 0.717) is 0 Å². The van der Waals surface area contributed by atoms with Crippen LogP contribution in [0.4, 0.5) is 17.1 Å². The van der Waals surface area contributed by atoms with Crippen LogP contribution in [-0.2, 0) is 16.2 Å². The van der Waals surface area contributed by atoms with Crippen molar-refractivity contribution >= 4 is 28.8 Å². The fourth-order valence-electron chi connectivity index (χ4n) is 13.3. The van der Waals surface area contributed by atoms with Crippen molar-refractivity contribution in [3.05, 3.63) is 280 Å². The summed E-state index contributed by atoms with van der Waals surface area (Å²) in [4.78, 5) is 5.19. The summed E-state index contributed by atoms with van der Waals surface area (Å²) in [5.74, 6) is 1.79. The third kappa shape index (κ3) is 4.69. The zero-order chi connectivity index (χ0) is 44.9. The highest BCUT2D eigenvalue weighted by atomic mass is 32.2. The minimum absolute atomic E-state index is 0.185. The fourth-order valence-corrected chi connectivity index (χ4v) is 14.5. The molecule has 10 aromatic carbocycles. The van der Waals surface area contributed by atoms with Crippen molar-refractivity contribution in [3.8, 4) is 44.9 Å². The number of anilines is 3. The van der Waals surface area contributed by atoms with Crippen molar-refractivity contribution in [1.82, 2.24) is 0 Å². The van der Waals surface area contributed by atoms with Gasteiger partial charge in [0.1, 0.15) is 11.5 Å². The Kier molecular flexibility index (Phi) is 7.67. The number of benzene rings is 10. The molecule has 0 N–H and O–H groups in total. The van der Waals surface area contributed by atoms with E-state index in [4.69, 9.17) is 4.74 Å². The van der Waals surface area contributed by atoms with Gasteiger partial charge in [0.25, 0.3) is 0 Å². The summed E-state index contributed by atoms with van der Waals surface area (Å²) in [5.41, 5.74) is 22.7. The van der Waals surface area contributed by atoms with Crippen LogP contribution in [0, 0.1) is 0 Å². The highest BCUT2D eigenvalue weighted by Gasteiger charge is 2.53. The number of hydrogen-bond acceptors (Lipinski definition) is 3. The quantitative estimate of drug-likeness (QED) is 0.175. The van der Waals surface area contributed by atoms with E-state index in [0.717, 1.165) is 39.7 Å². The molecular weight excluding hydrogens is 843 g/mol. The summed E-state index contributed by atoms with van der Waals surface area (Å²) in [6.45, 7) is 4.77. The molecule has 0 unspecified atom stereocenters. The van der Waals surface area contributed by atoms with E-state index in [1.165, 1.54) is 87.7 Å². The van der Waals surface area contributed by atoms with Crippen LogP contribution in [0.2, 0.25) is 0 Å². The predicted octanol–water partition coefficient (Wildman–Crippen LogP) is 16.8. The van der Waals surface area contributed by atoms with E-state index in [-0.39, 0.29) is 5.41 Å². The fraction of sp³-hybridized carbons (Fsp3) is 0.0769. The van der Waals surface area contributed by atoms with Gasteiger partial charge in [0.15, 0.2) is 0 Å². The van der Waals surface area contributed by atoms with Crippen molar-refractivity contribution in [1.29, 1.82) is 0 Å². The molecule has 0 fully saturated rings. The van der Waals surface area contributed by atoms with E-state index >= 15 is 0 Å². The molecule has 0 aromatic heterocycles. The van der Waals surface area contributed by atoms with Gasteiger partial charge in [0, 0.05) is 43.3 Å². The Balaban J connectivity index is 1.05. The van der Waals surface area contributed by atoms with E-state index in [1.807, 2.05) is 11.8 Å². The average molecular weight is 886 g/mol. The molecule has 2 aliphatic heterocycles. The zero-order valence-corrected chi connectivity index (χ0v) is 38.4. The molecule has 2 nitrogen and oxygen atoms in total. The van der Waals surface area contributed by atoms with Crippen LogP contribution in [0.25, 0.3) is 33.4 Å². The lowest BCUT2D eigenvalue weighted by Gasteiger charge is -2.40.